The van der Waals surface area contributed by atoms with Crippen molar-refractivity contribution in [2.24, 2.45) is 10.9 Å². The minimum Gasteiger partial charge on any atom is -0.260 e. The number of hydrogen-bond acceptors (Lipinski definition) is 1. The first-order valence-corrected chi connectivity index (χ1v) is 7.17. The fraction of sp³-hybridized carbons (Fsp3) is 0.389. The molecule has 0 saturated carbocycles. The summed E-state index contributed by atoms with van der Waals surface area (Å²) in [6.45, 7) is 6.56. The summed E-state index contributed by atoms with van der Waals surface area (Å²) in [5.74, 6) is 0.525. The van der Waals surface area contributed by atoms with Gasteiger partial charge in [0.1, 0.15) is 0 Å². The number of hydrogen-bond donors (Lipinski definition) is 0. The normalized spacial score (nSPS) is 20.8. The van der Waals surface area contributed by atoms with Gasteiger partial charge < -0.3 is 0 Å². The third-order valence-electron chi connectivity index (χ3n) is 3.52. The molecule has 0 unspecified atom stereocenters. The molecule has 0 saturated heterocycles. The number of benzene rings is 1. The van der Waals surface area contributed by atoms with Gasteiger partial charge in [-0.2, -0.15) is 0 Å². The minimum atomic E-state index is 0.525. The molecule has 1 aliphatic heterocycles. The number of aliphatic imine (C=N–C) groups is 1. The van der Waals surface area contributed by atoms with Crippen molar-refractivity contribution >= 4 is 5.71 Å². The predicted octanol–water partition coefficient (Wildman–Crippen LogP) is 5.06. The number of rotatable bonds is 2. The molecule has 1 nitrogen and oxygen atoms in total. The first kappa shape index (κ1) is 13.8. The Hall–Kier alpha value is -1.63. The highest BCUT2D eigenvalue weighted by molar-refractivity contribution is 6.01. The topological polar surface area (TPSA) is 12.4 Å². The minimum absolute atomic E-state index is 0.525. The van der Waals surface area contributed by atoms with Crippen LogP contribution >= 0.6 is 0 Å². The van der Waals surface area contributed by atoms with Crippen molar-refractivity contribution in [3.8, 4) is 0 Å². The molecule has 0 spiro atoms. The van der Waals surface area contributed by atoms with Crippen LogP contribution in [0.1, 0.15) is 44.2 Å². The fourth-order valence-corrected chi connectivity index (χ4v) is 2.17. The average molecular weight is 253 g/mol. The maximum atomic E-state index is 4.75. The number of aryl methyl sites for hydroxylation is 1. The zero-order chi connectivity index (χ0) is 13.7. The maximum Gasteiger partial charge on any atom is 0.0476 e. The largest absolute Gasteiger partial charge is 0.260 e. The second-order valence-corrected chi connectivity index (χ2v) is 5.52. The molecule has 0 aliphatic carbocycles. The van der Waals surface area contributed by atoms with Gasteiger partial charge in [-0.05, 0) is 43.2 Å². The van der Waals surface area contributed by atoms with Gasteiger partial charge in [0.25, 0.3) is 0 Å². The highest BCUT2D eigenvalue weighted by Gasteiger charge is 2.05. The Labute approximate surface area is 116 Å². The fourth-order valence-electron chi connectivity index (χ4n) is 2.17. The Morgan fingerprint density at radius 2 is 1.84 bits per heavy atom. The van der Waals surface area contributed by atoms with Crippen LogP contribution in [0.2, 0.25) is 0 Å². The summed E-state index contributed by atoms with van der Waals surface area (Å²) in [5, 5.41) is 0. The van der Waals surface area contributed by atoms with E-state index in [9.17, 15) is 0 Å². The lowest BCUT2D eigenvalue weighted by Crippen LogP contribution is -2.00. The molecule has 1 heterocycles. The van der Waals surface area contributed by atoms with Gasteiger partial charge in [-0.15, -0.1) is 0 Å². The van der Waals surface area contributed by atoms with E-state index >= 15 is 0 Å². The molecule has 0 amide bonds. The van der Waals surface area contributed by atoms with Crippen LogP contribution in [0, 0.1) is 12.8 Å². The molecule has 1 aromatic carbocycles. The predicted molar refractivity (Wildman–Crippen MR) is 83.6 cm³/mol. The van der Waals surface area contributed by atoms with Crippen LogP contribution in [0.3, 0.4) is 0 Å². The molecule has 0 atom stereocenters. The molecule has 1 heteroatoms. The van der Waals surface area contributed by atoms with Crippen molar-refractivity contribution in [2.45, 2.75) is 40.0 Å². The summed E-state index contributed by atoms with van der Waals surface area (Å²) in [7, 11) is 0. The maximum absolute atomic E-state index is 4.75. The molecule has 2 rings (SSSR count). The van der Waals surface area contributed by atoms with E-state index in [1.807, 2.05) is 6.20 Å². The molecule has 0 radical (unpaired) electrons. The van der Waals surface area contributed by atoms with E-state index in [0.29, 0.717) is 5.92 Å². The van der Waals surface area contributed by atoms with Gasteiger partial charge in [-0.3, -0.25) is 4.99 Å². The highest BCUT2D eigenvalue weighted by atomic mass is 14.7. The van der Waals surface area contributed by atoms with Crippen LogP contribution in [-0.4, -0.2) is 5.71 Å². The van der Waals surface area contributed by atoms with E-state index < -0.39 is 0 Å². The SMILES string of the molecule is Cc1ccc(C2=N/C=C(C(C)C)\C=C/CCC2)cc1. The lowest BCUT2D eigenvalue weighted by Gasteiger charge is -2.06. The first-order valence-electron chi connectivity index (χ1n) is 7.17. The molecule has 0 aromatic heterocycles. The third-order valence-corrected chi connectivity index (χ3v) is 3.52. The Balaban J connectivity index is 2.32. The van der Waals surface area contributed by atoms with E-state index in [4.69, 9.17) is 4.99 Å². The molecule has 1 aliphatic rings. The quantitative estimate of drug-likeness (QED) is 0.698. The molecule has 0 bridgehead atoms. The Morgan fingerprint density at radius 1 is 1.11 bits per heavy atom. The van der Waals surface area contributed by atoms with Crippen molar-refractivity contribution in [3.63, 3.8) is 0 Å². The van der Waals surface area contributed by atoms with Crippen LogP contribution in [0.4, 0.5) is 0 Å². The van der Waals surface area contributed by atoms with E-state index in [2.05, 4.69) is 57.2 Å². The summed E-state index contributed by atoms with van der Waals surface area (Å²) in [5.41, 5.74) is 5.08. The van der Waals surface area contributed by atoms with E-state index in [-0.39, 0.29) is 0 Å². The molecule has 0 N–H and O–H groups in total. The van der Waals surface area contributed by atoms with Gasteiger partial charge in [0.05, 0.1) is 0 Å². The molecule has 100 valence electrons. The van der Waals surface area contributed by atoms with Gasteiger partial charge in [-0.25, -0.2) is 0 Å². The zero-order valence-corrected chi connectivity index (χ0v) is 12.2. The Kier molecular flexibility index (Phi) is 4.73. The van der Waals surface area contributed by atoms with Gasteiger partial charge in [0, 0.05) is 11.9 Å². The Bertz CT molecular complexity index is 501. The molecule has 19 heavy (non-hydrogen) atoms. The summed E-state index contributed by atoms with van der Waals surface area (Å²) >= 11 is 0. The van der Waals surface area contributed by atoms with Crippen LogP contribution in [0.15, 0.2) is 53.2 Å². The smallest absolute Gasteiger partial charge is 0.0476 e. The summed E-state index contributed by atoms with van der Waals surface area (Å²) < 4.78 is 0. The lowest BCUT2D eigenvalue weighted by atomic mass is 10.0. The van der Waals surface area contributed by atoms with Gasteiger partial charge in [0.2, 0.25) is 0 Å². The Morgan fingerprint density at radius 3 is 2.53 bits per heavy atom. The van der Waals surface area contributed by atoms with Crippen LogP contribution in [-0.2, 0) is 0 Å². The highest BCUT2D eigenvalue weighted by Crippen LogP contribution is 2.17. The van der Waals surface area contributed by atoms with Crippen molar-refractivity contribution in [1.29, 1.82) is 0 Å². The van der Waals surface area contributed by atoms with Crippen molar-refractivity contribution in [1.82, 2.24) is 0 Å². The first-order chi connectivity index (χ1) is 9.16. The third kappa shape index (κ3) is 3.92. The van der Waals surface area contributed by atoms with Crippen LogP contribution < -0.4 is 0 Å². The van der Waals surface area contributed by atoms with Crippen LogP contribution in [0.25, 0.3) is 0 Å². The standard InChI is InChI=1S/C18H23N/c1-14(2)17-7-5-4-6-8-18(19-13-17)16-11-9-15(3)10-12-16/h5,7,9-14H,4,6,8H2,1-3H3/b7-5-,17-13+,19-18?. The second kappa shape index (κ2) is 6.51. The molecular weight excluding hydrogens is 230 g/mol. The summed E-state index contributed by atoms with van der Waals surface area (Å²) in [4.78, 5) is 4.75. The van der Waals surface area contributed by atoms with E-state index in [0.717, 1.165) is 12.8 Å². The van der Waals surface area contributed by atoms with Crippen molar-refractivity contribution in [3.05, 3.63) is 59.3 Å². The van der Waals surface area contributed by atoms with Gasteiger partial charge in [0.15, 0.2) is 0 Å². The van der Waals surface area contributed by atoms with E-state index in [1.54, 1.807) is 0 Å². The molecule has 0 fully saturated rings. The monoisotopic (exact) mass is 253 g/mol. The summed E-state index contributed by atoms with van der Waals surface area (Å²) in [6.07, 6.45) is 9.90. The average Bonchev–Trinajstić information content (AvgIpc) is 2.51. The molecular formula is C18H23N. The zero-order valence-electron chi connectivity index (χ0n) is 12.2. The van der Waals surface area contributed by atoms with Crippen molar-refractivity contribution < 1.29 is 0 Å². The summed E-state index contributed by atoms with van der Waals surface area (Å²) in [6, 6.07) is 8.69. The lowest BCUT2D eigenvalue weighted by molar-refractivity contribution is 0.787. The van der Waals surface area contributed by atoms with Crippen LogP contribution in [0.5, 0.6) is 0 Å². The molecule has 1 aromatic rings. The van der Waals surface area contributed by atoms with Crippen molar-refractivity contribution in [2.75, 3.05) is 0 Å². The number of allylic oxidation sites excluding steroid dienone is 3. The van der Waals surface area contributed by atoms with Gasteiger partial charge >= 0.3 is 0 Å². The number of nitrogens with zero attached hydrogens (tertiary/aromatic N) is 1. The van der Waals surface area contributed by atoms with E-state index in [1.165, 1.54) is 28.8 Å². The van der Waals surface area contributed by atoms with Gasteiger partial charge in [-0.1, -0.05) is 55.8 Å². The second-order valence-electron chi connectivity index (χ2n) is 5.52.